The van der Waals surface area contributed by atoms with Crippen molar-refractivity contribution >= 4 is 27.8 Å². The van der Waals surface area contributed by atoms with Gasteiger partial charge >= 0.3 is 5.97 Å². The lowest BCUT2D eigenvalue weighted by molar-refractivity contribution is -0.140. The van der Waals surface area contributed by atoms with Crippen molar-refractivity contribution < 1.29 is 14.6 Å². The average molecular weight is 312 g/mol. The van der Waals surface area contributed by atoms with E-state index >= 15 is 0 Å². The van der Waals surface area contributed by atoms with Crippen molar-refractivity contribution in [2.24, 2.45) is 0 Å². The van der Waals surface area contributed by atoms with E-state index in [4.69, 9.17) is 0 Å². The number of aliphatic hydroxyl groups is 1. The van der Waals surface area contributed by atoms with Gasteiger partial charge in [0.1, 0.15) is 0 Å². The number of hydrogen-bond acceptors (Lipinski definition) is 4. The third-order valence-corrected chi connectivity index (χ3v) is 4.12. The van der Waals surface area contributed by atoms with Crippen LogP contribution in [0.4, 0.5) is 0 Å². The smallest absolute Gasteiger partial charge is 0.305 e. The quantitative estimate of drug-likeness (QED) is 0.542. The number of aliphatic hydroxyl groups excluding tert-OH is 1. The molecule has 0 atom stereocenters. The van der Waals surface area contributed by atoms with Crippen LogP contribution in [0.3, 0.4) is 0 Å². The Morgan fingerprint density at radius 2 is 2.13 bits per heavy atom. The van der Waals surface area contributed by atoms with E-state index in [-0.39, 0.29) is 12.6 Å². The number of carbonyl (C=O) groups excluding carboxylic acids is 1. The van der Waals surface area contributed by atoms with E-state index in [2.05, 4.69) is 14.7 Å². The second-order valence-electron chi connectivity index (χ2n) is 5.63. The number of fused-ring (bicyclic) bond motifs is 3. The molecule has 5 heteroatoms. The number of esters is 1. The molecule has 0 aliphatic rings. The van der Waals surface area contributed by atoms with Gasteiger partial charge in [-0.2, -0.15) is 0 Å². The van der Waals surface area contributed by atoms with Gasteiger partial charge in [0, 0.05) is 28.9 Å². The number of aromatic nitrogens is 2. The summed E-state index contributed by atoms with van der Waals surface area (Å²) >= 11 is 0. The molecule has 0 spiro atoms. The van der Waals surface area contributed by atoms with E-state index in [9.17, 15) is 9.90 Å². The fourth-order valence-corrected chi connectivity index (χ4v) is 2.89. The van der Waals surface area contributed by atoms with E-state index in [0.29, 0.717) is 6.42 Å². The molecule has 0 bridgehead atoms. The molecule has 0 aliphatic carbocycles. The molecule has 1 aromatic carbocycles. The van der Waals surface area contributed by atoms with E-state index in [1.807, 2.05) is 30.5 Å². The summed E-state index contributed by atoms with van der Waals surface area (Å²) in [6.45, 7) is 0.0317. The Labute approximate surface area is 134 Å². The number of nitrogens with one attached hydrogen (secondary N) is 1. The Hall–Kier alpha value is -2.40. The molecule has 120 valence electrons. The zero-order chi connectivity index (χ0) is 16.2. The zero-order valence-corrected chi connectivity index (χ0v) is 13.1. The molecule has 3 aromatic rings. The molecule has 0 saturated carbocycles. The van der Waals surface area contributed by atoms with E-state index in [1.54, 1.807) is 0 Å². The van der Waals surface area contributed by atoms with Gasteiger partial charge in [0.2, 0.25) is 0 Å². The molecule has 5 nitrogen and oxygen atoms in total. The number of nitrogens with zero attached hydrogens (tertiary/aromatic N) is 1. The third-order valence-electron chi connectivity index (χ3n) is 4.12. The van der Waals surface area contributed by atoms with Crippen molar-refractivity contribution in [1.82, 2.24) is 9.97 Å². The molecule has 2 aromatic heterocycles. The fourth-order valence-electron chi connectivity index (χ4n) is 2.89. The van der Waals surface area contributed by atoms with Crippen LogP contribution in [-0.2, 0) is 22.6 Å². The van der Waals surface area contributed by atoms with Gasteiger partial charge in [-0.05, 0) is 37.0 Å². The van der Waals surface area contributed by atoms with Crippen LogP contribution in [0.25, 0.3) is 21.8 Å². The fraction of sp³-hybridized carbons (Fsp3) is 0.333. The number of hydrogen-bond donors (Lipinski definition) is 2. The molecule has 3 rings (SSSR count). The average Bonchev–Trinajstić information content (AvgIpc) is 2.96. The second kappa shape index (κ2) is 6.79. The maximum absolute atomic E-state index is 11.1. The first-order valence-corrected chi connectivity index (χ1v) is 7.79. The Bertz CT molecular complexity index is 839. The van der Waals surface area contributed by atoms with Crippen LogP contribution in [0.5, 0.6) is 0 Å². The molecule has 0 radical (unpaired) electrons. The van der Waals surface area contributed by atoms with E-state index in [0.717, 1.165) is 52.3 Å². The van der Waals surface area contributed by atoms with Crippen molar-refractivity contribution in [2.45, 2.75) is 32.3 Å². The number of benzene rings is 1. The van der Waals surface area contributed by atoms with E-state index < -0.39 is 0 Å². The molecular weight excluding hydrogens is 292 g/mol. The maximum Gasteiger partial charge on any atom is 0.305 e. The summed E-state index contributed by atoms with van der Waals surface area (Å²) in [6.07, 6.45) is 4.76. The maximum atomic E-state index is 11.1. The van der Waals surface area contributed by atoms with Gasteiger partial charge in [0.05, 0.1) is 24.9 Å². The summed E-state index contributed by atoms with van der Waals surface area (Å²) in [5.41, 5.74) is 3.94. The van der Waals surface area contributed by atoms with Crippen LogP contribution < -0.4 is 0 Å². The third kappa shape index (κ3) is 3.19. The van der Waals surface area contributed by atoms with Gasteiger partial charge in [-0.15, -0.1) is 0 Å². The number of aromatic amines is 1. The Balaban J connectivity index is 1.85. The number of carbonyl (C=O) groups is 1. The highest BCUT2D eigenvalue weighted by molar-refractivity contribution is 6.07. The first-order chi connectivity index (χ1) is 11.2. The van der Waals surface area contributed by atoms with Crippen LogP contribution in [0.15, 0.2) is 30.5 Å². The minimum atomic E-state index is -0.168. The number of pyridine rings is 1. The Kier molecular flexibility index (Phi) is 4.57. The van der Waals surface area contributed by atoms with Crippen LogP contribution in [-0.4, -0.2) is 28.2 Å². The number of rotatable bonds is 6. The number of H-pyrrole nitrogens is 1. The Morgan fingerprint density at radius 3 is 2.91 bits per heavy atom. The molecule has 0 fully saturated rings. The summed E-state index contributed by atoms with van der Waals surface area (Å²) in [7, 11) is 1.41. The summed E-state index contributed by atoms with van der Waals surface area (Å²) in [6, 6.07) is 7.94. The molecular formula is C18H20N2O3. The highest BCUT2D eigenvalue weighted by Gasteiger charge is 2.10. The number of unbranched alkanes of at least 4 members (excludes halogenated alkanes) is 1. The lowest BCUT2D eigenvalue weighted by atomic mass is 10.1. The SMILES string of the molecule is COC(=O)CCCCc1nccc2c1[nH]c1cc(CO)ccc12. The van der Waals surface area contributed by atoms with Crippen molar-refractivity contribution in [3.8, 4) is 0 Å². The summed E-state index contributed by atoms with van der Waals surface area (Å²) in [5, 5.41) is 11.5. The van der Waals surface area contributed by atoms with Gasteiger partial charge < -0.3 is 14.8 Å². The summed E-state index contributed by atoms with van der Waals surface area (Å²) < 4.78 is 4.65. The normalized spacial score (nSPS) is 11.2. The first-order valence-electron chi connectivity index (χ1n) is 7.79. The minimum Gasteiger partial charge on any atom is -0.469 e. The van der Waals surface area contributed by atoms with Gasteiger partial charge in [0.25, 0.3) is 0 Å². The lowest BCUT2D eigenvalue weighted by Crippen LogP contribution is -2.00. The standard InChI is InChI=1S/C18H20N2O3/c1-23-17(22)5-3-2-4-15-18-14(8-9-19-15)13-7-6-12(11-21)10-16(13)20-18/h6-10,20-21H,2-5,11H2,1H3. The Morgan fingerprint density at radius 1 is 1.26 bits per heavy atom. The van der Waals surface area contributed by atoms with Crippen molar-refractivity contribution in [3.05, 3.63) is 41.7 Å². The van der Waals surface area contributed by atoms with Crippen LogP contribution in [0, 0.1) is 0 Å². The number of ether oxygens (including phenoxy) is 1. The van der Waals surface area contributed by atoms with Crippen LogP contribution >= 0.6 is 0 Å². The van der Waals surface area contributed by atoms with Crippen LogP contribution in [0.1, 0.15) is 30.5 Å². The zero-order valence-electron chi connectivity index (χ0n) is 13.1. The molecule has 0 aliphatic heterocycles. The van der Waals surface area contributed by atoms with Crippen molar-refractivity contribution in [1.29, 1.82) is 0 Å². The number of methoxy groups -OCH3 is 1. The van der Waals surface area contributed by atoms with Crippen molar-refractivity contribution in [3.63, 3.8) is 0 Å². The van der Waals surface area contributed by atoms with E-state index in [1.165, 1.54) is 7.11 Å². The predicted molar refractivity (Wildman–Crippen MR) is 89.1 cm³/mol. The largest absolute Gasteiger partial charge is 0.469 e. The summed E-state index contributed by atoms with van der Waals surface area (Å²) in [4.78, 5) is 19.1. The highest BCUT2D eigenvalue weighted by atomic mass is 16.5. The van der Waals surface area contributed by atoms with Crippen LogP contribution in [0.2, 0.25) is 0 Å². The molecule has 0 unspecified atom stereocenters. The van der Waals surface area contributed by atoms with Gasteiger partial charge in [0.15, 0.2) is 0 Å². The van der Waals surface area contributed by atoms with Crippen molar-refractivity contribution in [2.75, 3.05) is 7.11 Å². The highest BCUT2D eigenvalue weighted by Crippen LogP contribution is 2.28. The monoisotopic (exact) mass is 312 g/mol. The second-order valence-corrected chi connectivity index (χ2v) is 5.63. The van der Waals surface area contributed by atoms with Gasteiger partial charge in [-0.1, -0.05) is 12.1 Å². The first kappa shape index (κ1) is 15.5. The van der Waals surface area contributed by atoms with Gasteiger partial charge in [-0.25, -0.2) is 0 Å². The van der Waals surface area contributed by atoms with Gasteiger partial charge in [-0.3, -0.25) is 9.78 Å². The minimum absolute atomic E-state index is 0.0317. The topological polar surface area (TPSA) is 75.2 Å². The molecule has 2 heterocycles. The lowest BCUT2D eigenvalue weighted by Gasteiger charge is -2.02. The predicted octanol–water partition coefficient (Wildman–Crippen LogP) is 3.09. The molecule has 23 heavy (non-hydrogen) atoms. The summed E-state index contributed by atoms with van der Waals surface area (Å²) in [5.74, 6) is -0.168. The molecule has 0 amide bonds. The number of aryl methyl sites for hydroxylation is 1. The molecule has 2 N–H and O–H groups in total. The molecule has 0 saturated heterocycles.